The van der Waals surface area contributed by atoms with Crippen molar-refractivity contribution in [3.63, 3.8) is 0 Å². The maximum absolute atomic E-state index is 12.2. The van der Waals surface area contributed by atoms with Gasteiger partial charge in [-0.05, 0) is 33.2 Å². The fraction of sp³-hybridized carbons (Fsp3) is 0.700. The van der Waals surface area contributed by atoms with Crippen LogP contribution in [0.15, 0.2) is 4.90 Å². The lowest BCUT2D eigenvalue weighted by Gasteiger charge is -2.23. The van der Waals surface area contributed by atoms with E-state index in [1.54, 1.807) is 13.8 Å². The summed E-state index contributed by atoms with van der Waals surface area (Å²) < 4.78 is 27.1. The number of hydrogen-bond donors (Lipinski definition) is 3. The summed E-state index contributed by atoms with van der Waals surface area (Å²) in [6.07, 6.45) is 1.87. The van der Waals surface area contributed by atoms with Crippen molar-refractivity contribution in [1.82, 2.24) is 20.2 Å². The van der Waals surface area contributed by atoms with E-state index in [0.29, 0.717) is 17.9 Å². The maximum atomic E-state index is 12.2. The van der Waals surface area contributed by atoms with Gasteiger partial charge in [-0.1, -0.05) is 0 Å². The summed E-state index contributed by atoms with van der Waals surface area (Å²) in [4.78, 5) is 0.281. The van der Waals surface area contributed by atoms with E-state index in [9.17, 15) is 8.42 Å². The molecular weight excluding hydrogens is 240 g/mol. The monoisotopic (exact) mass is 258 g/mol. The number of aromatic nitrogens is 2. The molecule has 2 rings (SSSR count). The van der Waals surface area contributed by atoms with E-state index in [0.717, 1.165) is 19.4 Å². The van der Waals surface area contributed by atoms with Crippen molar-refractivity contribution in [3.05, 3.63) is 11.4 Å². The lowest BCUT2D eigenvalue weighted by atomic mass is 10.1. The second-order valence-corrected chi connectivity index (χ2v) is 6.08. The average Bonchev–Trinajstić information content (AvgIpc) is 2.59. The molecule has 1 atom stereocenters. The largest absolute Gasteiger partial charge is 0.315 e. The van der Waals surface area contributed by atoms with Gasteiger partial charge in [-0.15, -0.1) is 0 Å². The highest BCUT2D eigenvalue weighted by molar-refractivity contribution is 7.89. The van der Waals surface area contributed by atoms with Crippen molar-refractivity contribution in [1.29, 1.82) is 0 Å². The van der Waals surface area contributed by atoms with Crippen molar-refractivity contribution < 1.29 is 8.42 Å². The van der Waals surface area contributed by atoms with Gasteiger partial charge < -0.3 is 5.32 Å². The molecule has 0 amide bonds. The van der Waals surface area contributed by atoms with Crippen LogP contribution < -0.4 is 10.0 Å². The molecule has 0 unspecified atom stereocenters. The standard InChI is InChI=1S/C10H18N4O2S/c1-7-10(8(2)13-12-7)17(15,16)14-9-4-3-5-11-6-9/h9,11,14H,3-6H2,1-2H3,(H,12,13)/t9-/m1/s1. The highest BCUT2D eigenvalue weighted by Gasteiger charge is 2.26. The van der Waals surface area contributed by atoms with E-state index in [1.165, 1.54) is 0 Å². The van der Waals surface area contributed by atoms with Crippen LogP contribution in [-0.4, -0.2) is 37.7 Å². The van der Waals surface area contributed by atoms with Crippen molar-refractivity contribution >= 4 is 10.0 Å². The number of sulfonamides is 1. The molecule has 0 spiro atoms. The third kappa shape index (κ3) is 2.67. The Labute approximate surface area is 101 Å². The van der Waals surface area contributed by atoms with Gasteiger partial charge in [0.05, 0.1) is 11.4 Å². The number of rotatable bonds is 3. The molecular formula is C10H18N4O2S. The number of hydrogen-bond acceptors (Lipinski definition) is 4. The molecule has 17 heavy (non-hydrogen) atoms. The molecule has 1 saturated heterocycles. The van der Waals surface area contributed by atoms with Crippen LogP contribution >= 0.6 is 0 Å². The third-order valence-corrected chi connectivity index (χ3v) is 4.73. The average molecular weight is 258 g/mol. The van der Waals surface area contributed by atoms with Crippen LogP contribution in [0.25, 0.3) is 0 Å². The number of piperidine rings is 1. The van der Waals surface area contributed by atoms with Crippen LogP contribution in [0, 0.1) is 13.8 Å². The lowest BCUT2D eigenvalue weighted by molar-refractivity contribution is 0.428. The molecule has 3 N–H and O–H groups in total. The number of aromatic amines is 1. The molecule has 6 nitrogen and oxygen atoms in total. The van der Waals surface area contributed by atoms with E-state index in [1.807, 2.05) is 0 Å². The molecule has 1 aromatic rings. The summed E-state index contributed by atoms with van der Waals surface area (Å²) in [6.45, 7) is 5.06. The summed E-state index contributed by atoms with van der Waals surface area (Å²) in [5, 5.41) is 9.79. The Bertz CT molecular complexity index is 469. The van der Waals surface area contributed by atoms with Crippen LogP contribution in [0.5, 0.6) is 0 Å². The number of nitrogens with one attached hydrogen (secondary N) is 3. The van der Waals surface area contributed by atoms with Gasteiger partial charge in [-0.3, -0.25) is 5.10 Å². The first-order valence-electron chi connectivity index (χ1n) is 5.75. The first kappa shape index (κ1) is 12.5. The second kappa shape index (κ2) is 4.75. The summed E-state index contributed by atoms with van der Waals surface area (Å²) in [7, 11) is -3.46. The zero-order valence-corrected chi connectivity index (χ0v) is 10.9. The Hall–Kier alpha value is -0.920. The Morgan fingerprint density at radius 2 is 2.18 bits per heavy atom. The topological polar surface area (TPSA) is 86.9 Å². The van der Waals surface area contributed by atoms with Crippen molar-refractivity contribution in [2.24, 2.45) is 0 Å². The van der Waals surface area contributed by atoms with Gasteiger partial charge in [0, 0.05) is 12.6 Å². The van der Waals surface area contributed by atoms with Gasteiger partial charge in [-0.25, -0.2) is 13.1 Å². The van der Waals surface area contributed by atoms with Crippen LogP contribution in [-0.2, 0) is 10.0 Å². The molecule has 96 valence electrons. The van der Waals surface area contributed by atoms with Crippen molar-refractivity contribution in [3.8, 4) is 0 Å². The minimum Gasteiger partial charge on any atom is -0.315 e. The summed E-state index contributed by atoms with van der Waals surface area (Å²) in [5.41, 5.74) is 1.09. The normalized spacial score (nSPS) is 21.6. The lowest BCUT2D eigenvalue weighted by Crippen LogP contribution is -2.45. The number of nitrogens with zero attached hydrogens (tertiary/aromatic N) is 1. The quantitative estimate of drug-likeness (QED) is 0.715. The Kier molecular flexibility index (Phi) is 3.50. The van der Waals surface area contributed by atoms with Gasteiger partial charge in [0.2, 0.25) is 10.0 Å². The molecule has 1 fully saturated rings. The van der Waals surface area contributed by atoms with Crippen molar-refractivity contribution in [2.75, 3.05) is 13.1 Å². The molecule has 2 heterocycles. The van der Waals surface area contributed by atoms with Crippen LogP contribution in [0.4, 0.5) is 0 Å². The highest BCUT2D eigenvalue weighted by Crippen LogP contribution is 2.17. The zero-order valence-electron chi connectivity index (χ0n) is 10.1. The molecule has 0 aromatic carbocycles. The van der Waals surface area contributed by atoms with Crippen LogP contribution in [0.2, 0.25) is 0 Å². The number of H-pyrrole nitrogens is 1. The highest BCUT2D eigenvalue weighted by atomic mass is 32.2. The molecule has 1 aromatic heterocycles. The van der Waals surface area contributed by atoms with Gasteiger partial charge in [0.1, 0.15) is 4.90 Å². The van der Waals surface area contributed by atoms with E-state index in [2.05, 4.69) is 20.2 Å². The number of aryl methyl sites for hydroxylation is 2. The molecule has 1 aliphatic rings. The Morgan fingerprint density at radius 1 is 1.41 bits per heavy atom. The summed E-state index contributed by atoms with van der Waals surface area (Å²) in [6, 6.07) is -0.0255. The maximum Gasteiger partial charge on any atom is 0.244 e. The first-order valence-corrected chi connectivity index (χ1v) is 7.23. The van der Waals surface area contributed by atoms with Gasteiger partial charge in [0.15, 0.2) is 0 Å². The van der Waals surface area contributed by atoms with Crippen LogP contribution in [0.1, 0.15) is 24.2 Å². The van der Waals surface area contributed by atoms with Crippen molar-refractivity contribution in [2.45, 2.75) is 37.6 Å². The van der Waals surface area contributed by atoms with E-state index < -0.39 is 10.0 Å². The summed E-state index contributed by atoms with van der Waals surface area (Å²) in [5.74, 6) is 0. The SMILES string of the molecule is Cc1n[nH]c(C)c1S(=O)(=O)N[C@@H]1CCCNC1. The smallest absolute Gasteiger partial charge is 0.244 e. The first-order chi connectivity index (χ1) is 8.00. The molecule has 0 aliphatic carbocycles. The minimum atomic E-state index is -3.46. The van der Waals surface area contributed by atoms with Gasteiger partial charge >= 0.3 is 0 Å². The second-order valence-electron chi connectivity index (χ2n) is 4.43. The zero-order chi connectivity index (χ0) is 12.5. The van der Waals surface area contributed by atoms with E-state index in [4.69, 9.17) is 0 Å². The molecule has 0 bridgehead atoms. The molecule has 1 aliphatic heterocycles. The Balaban J connectivity index is 2.19. The van der Waals surface area contributed by atoms with Gasteiger partial charge in [0.25, 0.3) is 0 Å². The fourth-order valence-electron chi connectivity index (χ4n) is 2.17. The third-order valence-electron chi connectivity index (χ3n) is 2.95. The van der Waals surface area contributed by atoms with E-state index >= 15 is 0 Å². The molecule has 7 heteroatoms. The predicted octanol–water partition coefficient (Wildman–Crippen LogP) is 0.0568. The minimum absolute atomic E-state index is 0.0255. The van der Waals surface area contributed by atoms with E-state index in [-0.39, 0.29) is 10.9 Å². The van der Waals surface area contributed by atoms with Gasteiger partial charge in [-0.2, -0.15) is 5.10 Å². The fourth-order valence-corrected chi connectivity index (χ4v) is 3.81. The molecule has 0 saturated carbocycles. The Morgan fingerprint density at radius 3 is 2.71 bits per heavy atom. The molecule has 0 radical (unpaired) electrons. The predicted molar refractivity (Wildman–Crippen MR) is 64.3 cm³/mol. The summed E-state index contributed by atoms with van der Waals surface area (Å²) >= 11 is 0. The van der Waals surface area contributed by atoms with Crippen LogP contribution in [0.3, 0.4) is 0 Å².